The summed E-state index contributed by atoms with van der Waals surface area (Å²) >= 11 is 1.81. The molecular formula is C20H33Cl2N3OS. The van der Waals surface area contributed by atoms with Crippen LogP contribution in [0.4, 0.5) is 0 Å². The van der Waals surface area contributed by atoms with Crippen LogP contribution in [0.1, 0.15) is 55.9 Å². The van der Waals surface area contributed by atoms with Crippen molar-refractivity contribution in [3.05, 3.63) is 22.4 Å². The number of thiophene rings is 1. The Morgan fingerprint density at radius 3 is 2.44 bits per heavy atom. The number of nitrogens with one attached hydrogen (secondary N) is 1. The minimum Gasteiger partial charge on any atom is -0.354 e. The number of nitrogens with two attached hydrogens (primary N) is 1. The van der Waals surface area contributed by atoms with E-state index < -0.39 is 0 Å². The molecular weight excluding hydrogens is 401 g/mol. The SMILES string of the molecule is Cl.Cl.NC1C2CCCC1CC(C(=O)NCC(c1cccs1)N1CCCC1)C2. The third-order valence-electron chi connectivity index (χ3n) is 6.71. The molecule has 4 rings (SSSR count). The summed E-state index contributed by atoms with van der Waals surface area (Å²) in [5.41, 5.74) is 6.38. The summed E-state index contributed by atoms with van der Waals surface area (Å²) in [6, 6.07) is 5.01. The molecule has 0 spiro atoms. The quantitative estimate of drug-likeness (QED) is 0.737. The highest BCUT2D eigenvalue weighted by atomic mass is 35.5. The van der Waals surface area contributed by atoms with Crippen molar-refractivity contribution in [3.63, 3.8) is 0 Å². The molecule has 154 valence electrons. The van der Waals surface area contributed by atoms with Crippen molar-refractivity contribution in [2.75, 3.05) is 19.6 Å². The third-order valence-corrected chi connectivity index (χ3v) is 7.68. The van der Waals surface area contributed by atoms with Crippen LogP contribution in [0.25, 0.3) is 0 Å². The van der Waals surface area contributed by atoms with Gasteiger partial charge in [-0.25, -0.2) is 0 Å². The maximum atomic E-state index is 12.9. The predicted molar refractivity (Wildman–Crippen MR) is 117 cm³/mol. The monoisotopic (exact) mass is 433 g/mol. The van der Waals surface area contributed by atoms with E-state index in [0.29, 0.717) is 23.9 Å². The second-order valence-electron chi connectivity index (χ2n) is 8.22. The highest BCUT2D eigenvalue weighted by Gasteiger charge is 2.40. The second-order valence-corrected chi connectivity index (χ2v) is 9.20. The number of likely N-dealkylation sites (tertiary alicyclic amines) is 1. The summed E-state index contributed by atoms with van der Waals surface area (Å²) in [5.74, 6) is 1.58. The average molecular weight is 434 g/mol. The first-order chi connectivity index (χ1) is 12.2. The molecule has 2 heterocycles. The molecule has 27 heavy (non-hydrogen) atoms. The van der Waals surface area contributed by atoms with Gasteiger partial charge in [-0.2, -0.15) is 0 Å². The molecule has 7 heteroatoms. The molecule has 1 aliphatic heterocycles. The normalized spacial score (nSPS) is 31.4. The van der Waals surface area contributed by atoms with E-state index in [1.165, 1.54) is 37.0 Å². The molecule has 3 fully saturated rings. The Bertz CT molecular complexity index is 566. The maximum Gasteiger partial charge on any atom is 0.223 e. The lowest BCUT2D eigenvalue weighted by Crippen LogP contribution is -2.49. The van der Waals surface area contributed by atoms with Crippen LogP contribution in [-0.4, -0.2) is 36.5 Å². The fraction of sp³-hybridized carbons (Fsp3) is 0.750. The van der Waals surface area contributed by atoms with Crippen LogP contribution < -0.4 is 11.1 Å². The van der Waals surface area contributed by atoms with Gasteiger partial charge in [-0.05, 0) is 74.9 Å². The average Bonchev–Trinajstić information content (AvgIpc) is 3.29. The summed E-state index contributed by atoms with van der Waals surface area (Å²) in [4.78, 5) is 16.8. The smallest absolute Gasteiger partial charge is 0.223 e. The van der Waals surface area contributed by atoms with Crippen LogP contribution in [0.3, 0.4) is 0 Å². The van der Waals surface area contributed by atoms with Gasteiger partial charge < -0.3 is 11.1 Å². The van der Waals surface area contributed by atoms with Gasteiger partial charge in [0.25, 0.3) is 0 Å². The zero-order chi connectivity index (χ0) is 17.2. The number of rotatable bonds is 5. The zero-order valence-electron chi connectivity index (χ0n) is 15.8. The van der Waals surface area contributed by atoms with Gasteiger partial charge >= 0.3 is 0 Å². The lowest BCUT2D eigenvalue weighted by atomic mass is 9.65. The molecule has 3 N–H and O–H groups in total. The van der Waals surface area contributed by atoms with E-state index in [2.05, 4.69) is 27.7 Å². The fourth-order valence-corrected chi connectivity index (χ4v) is 6.15. The molecule has 3 atom stereocenters. The zero-order valence-corrected chi connectivity index (χ0v) is 18.3. The first-order valence-electron chi connectivity index (χ1n) is 10.0. The molecule has 4 nitrogen and oxygen atoms in total. The minimum absolute atomic E-state index is 0. The van der Waals surface area contributed by atoms with Crippen LogP contribution in [0.15, 0.2) is 17.5 Å². The molecule has 1 aromatic rings. The number of amides is 1. The number of halogens is 2. The standard InChI is InChI=1S/C20H31N3OS.2ClH/c21-19-14-5-3-6-15(19)12-16(11-14)20(24)22-13-17(18-7-4-10-25-18)23-8-1-2-9-23;;/h4,7,10,14-17,19H,1-3,5-6,8-9,11-13,21H2,(H,22,24);2*1H. The second kappa shape index (κ2) is 10.4. The molecule has 3 aliphatic rings. The van der Waals surface area contributed by atoms with Crippen LogP contribution in [0.5, 0.6) is 0 Å². The number of nitrogens with zero attached hydrogens (tertiary/aromatic N) is 1. The summed E-state index contributed by atoms with van der Waals surface area (Å²) in [7, 11) is 0. The lowest BCUT2D eigenvalue weighted by molar-refractivity contribution is -0.128. The van der Waals surface area contributed by atoms with Crippen LogP contribution in [0, 0.1) is 17.8 Å². The first-order valence-corrected chi connectivity index (χ1v) is 10.9. The number of hydrogen-bond donors (Lipinski definition) is 2. The molecule has 3 unspecified atom stereocenters. The number of carbonyl (C=O) groups excluding carboxylic acids is 1. The highest BCUT2D eigenvalue weighted by Crippen LogP contribution is 2.42. The lowest BCUT2D eigenvalue weighted by Gasteiger charge is -2.43. The number of fused-ring (bicyclic) bond motifs is 2. The molecule has 0 radical (unpaired) electrons. The predicted octanol–water partition coefficient (Wildman–Crippen LogP) is 4.00. The van der Waals surface area contributed by atoms with E-state index >= 15 is 0 Å². The highest BCUT2D eigenvalue weighted by molar-refractivity contribution is 7.10. The number of carbonyl (C=O) groups is 1. The van der Waals surface area contributed by atoms with E-state index in [1.54, 1.807) is 0 Å². The van der Waals surface area contributed by atoms with Gasteiger partial charge in [-0.3, -0.25) is 9.69 Å². The molecule has 2 saturated carbocycles. The van der Waals surface area contributed by atoms with E-state index in [9.17, 15) is 4.79 Å². The van der Waals surface area contributed by atoms with Crippen molar-refractivity contribution in [2.24, 2.45) is 23.5 Å². The Kier molecular flexibility index (Phi) is 8.88. The first kappa shape index (κ1) is 23.0. The van der Waals surface area contributed by atoms with E-state index in [0.717, 1.165) is 32.5 Å². The molecule has 1 amide bonds. The summed E-state index contributed by atoms with van der Waals surface area (Å²) < 4.78 is 0. The van der Waals surface area contributed by atoms with Gasteiger partial charge in [-0.15, -0.1) is 36.2 Å². The van der Waals surface area contributed by atoms with Crippen molar-refractivity contribution < 1.29 is 4.79 Å². The van der Waals surface area contributed by atoms with Gasteiger partial charge in [0.2, 0.25) is 5.91 Å². The van der Waals surface area contributed by atoms with Crippen molar-refractivity contribution in [2.45, 2.75) is 57.0 Å². The van der Waals surface area contributed by atoms with Crippen molar-refractivity contribution in [1.29, 1.82) is 0 Å². The van der Waals surface area contributed by atoms with Crippen molar-refractivity contribution in [3.8, 4) is 0 Å². The van der Waals surface area contributed by atoms with Gasteiger partial charge in [0.1, 0.15) is 0 Å². The van der Waals surface area contributed by atoms with E-state index in [4.69, 9.17) is 5.73 Å². The van der Waals surface area contributed by atoms with Crippen molar-refractivity contribution >= 4 is 42.1 Å². The minimum atomic E-state index is 0. The third kappa shape index (κ3) is 5.18. The number of hydrogen-bond acceptors (Lipinski definition) is 4. The Morgan fingerprint density at radius 2 is 1.85 bits per heavy atom. The van der Waals surface area contributed by atoms with Gasteiger partial charge in [0.15, 0.2) is 0 Å². The van der Waals surface area contributed by atoms with E-state index in [1.807, 2.05) is 11.3 Å². The molecule has 2 bridgehead atoms. The van der Waals surface area contributed by atoms with Crippen LogP contribution in [-0.2, 0) is 4.79 Å². The summed E-state index contributed by atoms with van der Waals surface area (Å²) in [6.45, 7) is 3.05. The summed E-state index contributed by atoms with van der Waals surface area (Å²) in [6.07, 6.45) is 8.28. The maximum absolute atomic E-state index is 12.9. The fourth-order valence-electron chi connectivity index (χ4n) is 5.29. The van der Waals surface area contributed by atoms with E-state index in [-0.39, 0.29) is 36.6 Å². The van der Waals surface area contributed by atoms with Gasteiger partial charge in [-0.1, -0.05) is 12.5 Å². The topological polar surface area (TPSA) is 58.4 Å². The van der Waals surface area contributed by atoms with Crippen LogP contribution in [0.2, 0.25) is 0 Å². The Morgan fingerprint density at radius 1 is 1.19 bits per heavy atom. The molecule has 0 aromatic carbocycles. The molecule has 1 saturated heterocycles. The Hall–Kier alpha value is -0.330. The van der Waals surface area contributed by atoms with Gasteiger partial charge in [0.05, 0.1) is 6.04 Å². The Balaban J connectivity index is 0.00000131. The molecule has 1 aromatic heterocycles. The van der Waals surface area contributed by atoms with Crippen LogP contribution >= 0.6 is 36.2 Å². The summed E-state index contributed by atoms with van der Waals surface area (Å²) in [5, 5.41) is 5.45. The van der Waals surface area contributed by atoms with Gasteiger partial charge in [0, 0.05) is 23.4 Å². The van der Waals surface area contributed by atoms with Crippen molar-refractivity contribution in [1.82, 2.24) is 10.2 Å². The molecule has 2 aliphatic carbocycles. The Labute approximate surface area is 179 Å². The largest absolute Gasteiger partial charge is 0.354 e.